The molecule has 0 bridgehead atoms. The summed E-state index contributed by atoms with van der Waals surface area (Å²) in [6.45, 7) is 6.19. The summed E-state index contributed by atoms with van der Waals surface area (Å²) in [6, 6.07) is 14.7. The van der Waals surface area contributed by atoms with Crippen LogP contribution in [0.2, 0.25) is 0 Å². The summed E-state index contributed by atoms with van der Waals surface area (Å²) in [5.74, 6) is 2.61. The fourth-order valence-electron chi connectivity index (χ4n) is 5.34. The Kier molecular flexibility index (Phi) is 5.64. The highest BCUT2D eigenvalue weighted by Gasteiger charge is 2.28. The molecular weight excluding hydrogens is 432 g/mol. The van der Waals surface area contributed by atoms with Crippen LogP contribution in [0.4, 0.5) is 5.82 Å². The van der Waals surface area contributed by atoms with Crippen molar-refractivity contribution in [1.29, 1.82) is 0 Å². The van der Waals surface area contributed by atoms with E-state index < -0.39 is 0 Å². The third kappa shape index (κ3) is 4.14. The number of allylic oxidation sites excluding steroid dienone is 1. The third-order valence-electron chi connectivity index (χ3n) is 7.30. The largest absolute Gasteiger partial charge is 0.356 e. The van der Waals surface area contributed by atoms with Gasteiger partial charge in [-0.05, 0) is 55.5 Å². The molecule has 0 spiro atoms. The number of aromatic amines is 1. The number of hydrogen-bond acceptors (Lipinski definition) is 5. The Bertz CT molecular complexity index is 1380. The first-order chi connectivity index (χ1) is 17.2. The van der Waals surface area contributed by atoms with Gasteiger partial charge in [0.15, 0.2) is 0 Å². The molecule has 0 saturated carbocycles. The first kappa shape index (κ1) is 21.7. The van der Waals surface area contributed by atoms with E-state index in [2.05, 4.69) is 76.2 Å². The molecule has 1 saturated heterocycles. The number of anilines is 1. The highest BCUT2D eigenvalue weighted by molar-refractivity contribution is 5.91. The predicted molar refractivity (Wildman–Crippen MR) is 140 cm³/mol. The first-order valence-electron chi connectivity index (χ1n) is 12.6. The van der Waals surface area contributed by atoms with E-state index >= 15 is 0 Å². The SMILES string of the molecule is CCc1cc(C2=Cc3c(ncnc3N3CCC(c4nc(-c5ccccc5)c(C)[nH]4)CC3)C2)ccn1. The van der Waals surface area contributed by atoms with E-state index in [1.807, 2.05) is 12.3 Å². The number of H-pyrrole nitrogens is 1. The van der Waals surface area contributed by atoms with Gasteiger partial charge in [-0.15, -0.1) is 0 Å². The minimum absolute atomic E-state index is 0.438. The van der Waals surface area contributed by atoms with Crippen LogP contribution < -0.4 is 4.90 Å². The van der Waals surface area contributed by atoms with Crippen molar-refractivity contribution in [1.82, 2.24) is 24.9 Å². The summed E-state index contributed by atoms with van der Waals surface area (Å²) in [7, 11) is 0. The average molecular weight is 463 g/mol. The van der Waals surface area contributed by atoms with Gasteiger partial charge >= 0.3 is 0 Å². The second kappa shape index (κ2) is 9.10. The summed E-state index contributed by atoms with van der Waals surface area (Å²) in [5.41, 5.74) is 9.34. The number of nitrogens with one attached hydrogen (secondary N) is 1. The van der Waals surface area contributed by atoms with Crippen molar-refractivity contribution in [2.45, 2.75) is 45.4 Å². The van der Waals surface area contributed by atoms with Crippen LogP contribution in [0, 0.1) is 6.92 Å². The number of nitrogens with zero attached hydrogens (tertiary/aromatic N) is 5. The van der Waals surface area contributed by atoms with E-state index in [1.165, 1.54) is 22.3 Å². The molecule has 1 N–H and O–H groups in total. The van der Waals surface area contributed by atoms with Crippen LogP contribution in [0.1, 0.15) is 59.7 Å². The Labute approximate surface area is 206 Å². The zero-order valence-corrected chi connectivity index (χ0v) is 20.3. The molecule has 6 nitrogen and oxygen atoms in total. The number of fused-ring (bicyclic) bond motifs is 1. The number of piperidine rings is 1. The molecule has 0 radical (unpaired) electrons. The van der Waals surface area contributed by atoms with Crippen LogP contribution in [0.5, 0.6) is 0 Å². The van der Waals surface area contributed by atoms with Gasteiger partial charge < -0.3 is 9.88 Å². The molecule has 1 aliphatic carbocycles. The number of rotatable bonds is 5. The number of benzene rings is 1. The lowest BCUT2D eigenvalue weighted by atomic mass is 9.96. The Morgan fingerprint density at radius 1 is 1.00 bits per heavy atom. The molecule has 1 aliphatic heterocycles. The average Bonchev–Trinajstić information content (AvgIpc) is 3.53. The van der Waals surface area contributed by atoms with Crippen molar-refractivity contribution in [2.24, 2.45) is 0 Å². The van der Waals surface area contributed by atoms with Crippen LogP contribution >= 0.6 is 0 Å². The lowest BCUT2D eigenvalue weighted by molar-refractivity contribution is 0.486. The van der Waals surface area contributed by atoms with Crippen molar-refractivity contribution in [3.8, 4) is 11.3 Å². The van der Waals surface area contributed by atoms with Crippen LogP contribution in [0.25, 0.3) is 22.9 Å². The van der Waals surface area contributed by atoms with E-state index in [0.29, 0.717) is 5.92 Å². The van der Waals surface area contributed by atoms with Crippen molar-refractivity contribution in [2.75, 3.05) is 18.0 Å². The fraction of sp³-hybridized carbons (Fsp3) is 0.310. The van der Waals surface area contributed by atoms with Crippen LogP contribution in [0.15, 0.2) is 55.0 Å². The van der Waals surface area contributed by atoms with Gasteiger partial charge in [-0.1, -0.05) is 37.3 Å². The topological polar surface area (TPSA) is 70.6 Å². The molecule has 6 heteroatoms. The Balaban J connectivity index is 1.20. The molecule has 4 heterocycles. The summed E-state index contributed by atoms with van der Waals surface area (Å²) in [5, 5.41) is 0. The second-order valence-corrected chi connectivity index (χ2v) is 9.52. The zero-order valence-electron chi connectivity index (χ0n) is 20.3. The number of hydrogen-bond donors (Lipinski definition) is 1. The Morgan fingerprint density at radius 2 is 1.83 bits per heavy atom. The molecular formula is C29H30N6. The highest BCUT2D eigenvalue weighted by atomic mass is 15.2. The molecule has 4 aromatic rings. The third-order valence-corrected chi connectivity index (χ3v) is 7.30. The molecule has 0 amide bonds. The highest BCUT2D eigenvalue weighted by Crippen LogP contribution is 2.37. The van der Waals surface area contributed by atoms with E-state index in [1.54, 1.807) is 6.33 Å². The summed E-state index contributed by atoms with van der Waals surface area (Å²) in [4.78, 5) is 24.8. The maximum Gasteiger partial charge on any atom is 0.139 e. The van der Waals surface area contributed by atoms with Gasteiger partial charge in [-0.25, -0.2) is 15.0 Å². The number of aromatic nitrogens is 5. The second-order valence-electron chi connectivity index (χ2n) is 9.52. The predicted octanol–water partition coefficient (Wildman–Crippen LogP) is 5.61. The Hall–Kier alpha value is -3.80. The van der Waals surface area contributed by atoms with Crippen LogP contribution in [-0.4, -0.2) is 38.0 Å². The monoisotopic (exact) mass is 462 g/mol. The van der Waals surface area contributed by atoms with E-state index in [4.69, 9.17) is 9.97 Å². The van der Waals surface area contributed by atoms with Crippen molar-refractivity contribution in [3.05, 3.63) is 89.0 Å². The summed E-state index contributed by atoms with van der Waals surface area (Å²) in [6.07, 6.45) is 9.82. The molecule has 35 heavy (non-hydrogen) atoms. The van der Waals surface area contributed by atoms with Gasteiger partial charge in [-0.2, -0.15) is 0 Å². The maximum absolute atomic E-state index is 5.00. The summed E-state index contributed by atoms with van der Waals surface area (Å²) < 4.78 is 0. The zero-order chi connectivity index (χ0) is 23.8. The lowest BCUT2D eigenvalue weighted by Crippen LogP contribution is -2.34. The first-order valence-corrected chi connectivity index (χ1v) is 12.6. The van der Waals surface area contributed by atoms with Gasteiger partial charge in [0.25, 0.3) is 0 Å². The molecule has 2 aliphatic rings. The Morgan fingerprint density at radius 3 is 2.63 bits per heavy atom. The van der Waals surface area contributed by atoms with Crippen LogP contribution in [-0.2, 0) is 12.8 Å². The van der Waals surface area contributed by atoms with Crippen molar-refractivity contribution >= 4 is 17.5 Å². The standard InChI is InChI=1S/C29H30N6/c1-3-24-15-22(9-12-30-24)23-16-25-26(17-23)31-18-32-29(25)35-13-10-21(11-14-35)28-33-19(2)27(34-28)20-7-5-4-6-8-20/h4-9,12,15-16,18,21H,3,10-11,13-14,17H2,1-2H3,(H,33,34). The van der Waals surface area contributed by atoms with Crippen molar-refractivity contribution < 1.29 is 0 Å². The number of pyridine rings is 1. The lowest BCUT2D eigenvalue weighted by Gasteiger charge is -2.32. The van der Waals surface area contributed by atoms with Gasteiger partial charge in [0.2, 0.25) is 0 Å². The van der Waals surface area contributed by atoms with E-state index in [0.717, 1.165) is 73.2 Å². The molecule has 0 unspecified atom stereocenters. The van der Waals surface area contributed by atoms with E-state index in [-0.39, 0.29) is 0 Å². The number of aryl methyl sites for hydroxylation is 2. The molecule has 6 rings (SSSR count). The van der Waals surface area contributed by atoms with Crippen LogP contribution in [0.3, 0.4) is 0 Å². The quantitative estimate of drug-likeness (QED) is 0.417. The molecule has 1 fully saturated rings. The number of imidazole rings is 1. The molecule has 3 aromatic heterocycles. The normalized spacial score (nSPS) is 15.8. The minimum Gasteiger partial charge on any atom is -0.356 e. The van der Waals surface area contributed by atoms with Gasteiger partial charge in [0, 0.05) is 54.1 Å². The molecule has 176 valence electrons. The molecule has 0 atom stereocenters. The van der Waals surface area contributed by atoms with Gasteiger partial charge in [0.05, 0.1) is 11.4 Å². The molecule has 1 aromatic carbocycles. The minimum atomic E-state index is 0.438. The summed E-state index contributed by atoms with van der Waals surface area (Å²) >= 11 is 0. The van der Waals surface area contributed by atoms with Gasteiger partial charge in [-0.3, -0.25) is 4.98 Å². The fourth-order valence-corrected chi connectivity index (χ4v) is 5.34. The smallest absolute Gasteiger partial charge is 0.139 e. The van der Waals surface area contributed by atoms with E-state index in [9.17, 15) is 0 Å². The maximum atomic E-state index is 5.00. The van der Waals surface area contributed by atoms with Crippen molar-refractivity contribution in [3.63, 3.8) is 0 Å². The van der Waals surface area contributed by atoms with Gasteiger partial charge in [0.1, 0.15) is 18.0 Å².